The van der Waals surface area contributed by atoms with Gasteiger partial charge in [-0.15, -0.1) is 0 Å². The summed E-state index contributed by atoms with van der Waals surface area (Å²) < 4.78 is 63.7. The monoisotopic (exact) mass is 256 g/mol. The van der Waals surface area contributed by atoms with Crippen LogP contribution in [0.1, 0.15) is 5.56 Å². The summed E-state index contributed by atoms with van der Waals surface area (Å²) in [7, 11) is -3.71. The van der Waals surface area contributed by atoms with Crippen molar-refractivity contribution < 1.29 is 30.9 Å². The predicted octanol–water partition coefficient (Wildman–Crippen LogP) is 1.75. The minimum atomic E-state index is -4.89. The molecule has 0 fully saturated rings. The van der Waals surface area contributed by atoms with Gasteiger partial charge in [-0.25, -0.2) is 0 Å². The highest BCUT2D eigenvalue weighted by Crippen LogP contribution is 2.36. The third-order valence-electron chi connectivity index (χ3n) is 1.76. The van der Waals surface area contributed by atoms with Gasteiger partial charge >= 0.3 is 6.18 Å². The summed E-state index contributed by atoms with van der Waals surface area (Å²) >= 11 is 0. The Bertz CT molecular complexity index is 492. The topological polar surface area (TPSA) is 63.6 Å². The molecule has 0 unspecified atom stereocenters. The van der Waals surface area contributed by atoms with Gasteiger partial charge in [0.25, 0.3) is 10.1 Å². The molecule has 0 aliphatic heterocycles. The third-order valence-corrected chi connectivity index (χ3v) is 3.09. The highest BCUT2D eigenvalue weighted by atomic mass is 32.2. The summed E-state index contributed by atoms with van der Waals surface area (Å²) in [4.78, 5) is -1.03. The van der Waals surface area contributed by atoms with Crippen LogP contribution in [0.25, 0.3) is 0 Å². The maximum absolute atomic E-state index is 12.5. The summed E-state index contributed by atoms with van der Waals surface area (Å²) in [6, 6.07) is 1.80. The highest BCUT2D eigenvalue weighted by molar-refractivity contribution is 7.86. The molecular formula is C8H7F3O4S. The van der Waals surface area contributed by atoms with Gasteiger partial charge in [-0.3, -0.25) is 4.18 Å². The molecule has 0 aromatic heterocycles. The van der Waals surface area contributed by atoms with Crippen molar-refractivity contribution >= 4 is 10.1 Å². The molecule has 0 atom stereocenters. The summed E-state index contributed by atoms with van der Waals surface area (Å²) in [6.45, 7) is 0. The molecule has 0 heterocycles. The highest BCUT2D eigenvalue weighted by Gasteiger charge is 2.37. The number of hydrogen-bond donors (Lipinski definition) is 1. The smallest absolute Gasteiger partial charge is 0.417 e. The fourth-order valence-electron chi connectivity index (χ4n) is 1.05. The molecule has 8 heteroatoms. The van der Waals surface area contributed by atoms with Crippen LogP contribution in [0.2, 0.25) is 0 Å². The minimum absolute atomic E-state index is 0.325. The van der Waals surface area contributed by atoms with Gasteiger partial charge in [0, 0.05) is 0 Å². The van der Waals surface area contributed by atoms with Crippen LogP contribution < -0.4 is 0 Å². The van der Waals surface area contributed by atoms with Crippen LogP contribution in [0.15, 0.2) is 23.1 Å². The summed E-state index contributed by atoms with van der Waals surface area (Å²) in [5.41, 5.74) is -1.46. The molecule has 1 rings (SSSR count). The zero-order chi connectivity index (χ0) is 12.6. The van der Waals surface area contributed by atoms with Gasteiger partial charge in [-0.1, -0.05) is 0 Å². The number of phenolic OH excluding ortho intramolecular Hbond substituents is 1. The van der Waals surface area contributed by atoms with Crippen molar-refractivity contribution in [1.82, 2.24) is 0 Å². The van der Waals surface area contributed by atoms with E-state index >= 15 is 0 Å². The van der Waals surface area contributed by atoms with Crippen molar-refractivity contribution in [2.45, 2.75) is 11.1 Å². The number of rotatable bonds is 2. The van der Waals surface area contributed by atoms with Crippen LogP contribution in [-0.4, -0.2) is 20.6 Å². The van der Waals surface area contributed by atoms with Gasteiger partial charge in [0.1, 0.15) is 10.6 Å². The molecule has 90 valence electrons. The lowest BCUT2D eigenvalue weighted by Crippen LogP contribution is -2.13. The van der Waals surface area contributed by atoms with Crippen LogP contribution in [0, 0.1) is 0 Å². The molecule has 4 nitrogen and oxygen atoms in total. The first-order chi connectivity index (χ1) is 7.18. The molecule has 0 bridgehead atoms. The Morgan fingerprint density at radius 2 is 1.88 bits per heavy atom. The van der Waals surface area contributed by atoms with Crippen LogP contribution >= 0.6 is 0 Å². The second kappa shape index (κ2) is 3.95. The molecule has 0 aliphatic carbocycles. The van der Waals surface area contributed by atoms with E-state index in [0.717, 1.165) is 13.2 Å². The Morgan fingerprint density at radius 1 is 1.31 bits per heavy atom. The van der Waals surface area contributed by atoms with E-state index in [1.54, 1.807) is 0 Å². The zero-order valence-electron chi connectivity index (χ0n) is 7.95. The normalized spacial score (nSPS) is 12.8. The quantitative estimate of drug-likeness (QED) is 0.819. The van der Waals surface area contributed by atoms with Gasteiger partial charge in [0.05, 0.1) is 12.7 Å². The molecule has 1 N–H and O–H groups in total. The van der Waals surface area contributed by atoms with Gasteiger partial charge in [0.15, 0.2) is 0 Å². The SMILES string of the molecule is COS(=O)(=O)c1ccc(O)cc1C(F)(F)F. The fourth-order valence-corrected chi connectivity index (χ4v) is 1.91. The van der Waals surface area contributed by atoms with E-state index in [-0.39, 0.29) is 0 Å². The summed E-state index contributed by atoms with van der Waals surface area (Å²) in [5, 5.41) is 8.90. The van der Waals surface area contributed by atoms with Crippen LogP contribution in [0.5, 0.6) is 5.75 Å². The van der Waals surface area contributed by atoms with Crippen molar-refractivity contribution in [3.8, 4) is 5.75 Å². The van der Waals surface area contributed by atoms with Crippen molar-refractivity contribution in [3.63, 3.8) is 0 Å². The maximum atomic E-state index is 12.5. The van der Waals surface area contributed by atoms with Crippen LogP contribution in [-0.2, 0) is 20.5 Å². The molecule has 16 heavy (non-hydrogen) atoms. The molecule has 0 saturated carbocycles. The largest absolute Gasteiger partial charge is 0.508 e. The Morgan fingerprint density at radius 3 is 2.31 bits per heavy atom. The van der Waals surface area contributed by atoms with E-state index in [1.807, 2.05) is 0 Å². The van der Waals surface area contributed by atoms with Crippen molar-refractivity contribution in [3.05, 3.63) is 23.8 Å². The molecule has 0 saturated heterocycles. The van der Waals surface area contributed by atoms with E-state index in [9.17, 15) is 21.6 Å². The average molecular weight is 256 g/mol. The molecule has 1 aromatic carbocycles. The maximum Gasteiger partial charge on any atom is 0.417 e. The Balaban J connectivity index is 3.53. The molecule has 0 radical (unpaired) electrons. The Hall–Kier alpha value is -1.28. The standard InChI is InChI=1S/C8H7F3O4S/c1-15-16(13,14)7-3-2-5(12)4-6(7)8(9,10)11/h2-4,12H,1H3. The van der Waals surface area contributed by atoms with Crippen LogP contribution in [0.3, 0.4) is 0 Å². The third kappa shape index (κ3) is 2.45. The summed E-state index contributed by atoms with van der Waals surface area (Å²) in [5.74, 6) is -0.678. The van der Waals surface area contributed by atoms with Crippen molar-refractivity contribution in [1.29, 1.82) is 0 Å². The molecule has 0 amide bonds. The second-order valence-corrected chi connectivity index (χ2v) is 4.48. The molecular weight excluding hydrogens is 249 g/mol. The first-order valence-corrected chi connectivity index (χ1v) is 5.30. The molecule has 1 aromatic rings. The van der Waals surface area contributed by atoms with E-state index in [4.69, 9.17) is 5.11 Å². The average Bonchev–Trinajstić information content (AvgIpc) is 2.16. The number of benzene rings is 1. The van der Waals surface area contributed by atoms with E-state index in [1.165, 1.54) is 0 Å². The lowest BCUT2D eigenvalue weighted by atomic mass is 10.2. The lowest BCUT2D eigenvalue weighted by Gasteiger charge is -2.12. The van der Waals surface area contributed by atoms with E-state index in [2.05, 4.69) is 4.18 Å². The number of phenols is 1. The molecule has 0 aliphatic rings. The Kier molecular flexibility index (Phi) is 3.15. The van der Waals surface area contributed by atoms with Crippen molar-refractivity contribution in [2.75, 3.05) is 7.11 Å². The van der Waals surface area contributed by atoms with Crippen molar-refractivity contribution in [2.24, 2.45) is 0 Å². The predicted molar refractivity (Wildman–Crippen MR) is 47.3 cm³/mol. The van der Waals surface area contributed by atoms with E-state index in [0.29, 0.717) is 12.1 Å². The zero-order valence-corrected chi connectivity index (χ0v) is 8.76. The second-order valence-electron chi connectivity index (χ2n) is 2.80. The van der Waals surface area contributed by atoms with Gasteiger partial charge < -0.3 is 5.11 Å². The van der Waals surface area contributed by atoms with E-state index < -0.39 is 32.5 Å². The number of halogens is 3. The first kappa shape index (κ1) is 12.8. The minimum Gasteiger partial charge on any atom is -0.508 e. The van der Waals surface area contributed by atoms with Gasteiger partial charge in [0.2, 0.25) is 0 Å². The van der Waals surface area contributed by atoms with Crippen LogP contribution in [0.4, 0.5) is 13.2 Å². The summed E-state index contributed by atoms with van der Waals surface area (Å²) in [6.07, 6.45) is -4.89. The number of alkyl halides is 3. The number of aromatic hydroxyl groups is 1. The first-order valence-electron chi connectivity index (χ1n) is 3.89. The van der Waals surface area contributed by atoms with Gasteiger partial charge in [-0.05, 0) is 18.2 Å². The Labute approximate surface area is 89.4 Å². The molecule has 0 spiro atoms. The number of hydrogen-bond acceptors (Lipinski definition) is 4. The lowest BCUT2D eigenvalue weighted by molar-refractivity contribution is -0.140. The fraction of sp³-hybridized carbons (Fsp3) is 0.250. The van der Waals surface area contributed by atoms with Gasteiger partial charge in [-0.2, -0.15) is 21.6 Å².